The topological polar surface area (TPSA) is 104 Å². The van der Waals surface area contributed by atoms with Crippen LogP contribution in [0.4, 0.5) is 19.0 Å². The largest absolute Gasteiger partial charge is 0.508 e. The molecule has 9 nitrogen and oxygen atoms in total. The van der Waals surface area contributed by atoms with E-state index in [4.69, 9.17) is 20.9 Å². The normalized spacial score (nSPS) is 27.0. The van der Waals surface area contributed by atoms with Crippen LogP contribution in [0.3, 0.4) is 0 Å². The summed E-state index contributed by atoms with van der Waals surface area (Å²) in [5.41, 5.74) is -1.42. The molecule has 238 valence electrons. The maximum atomic E-state index is 16.9. The third-order valence-electron chi connectivity index (χ3n) is 10.5. The number of ether oxygens (including phenoxy) is 2. The number of likely N-dealkylation sites (N-methyl/N-ethyl adjacent to an activating group) is 1. The number of hydrogen-bond donors (Lipinski definition) is 2. The van der Waals surface area contributed by atoms with Gasteiger partial charge in [0.05, 0.1) is 16.6 Å². The molecule has 12 heteroatoms. The Morgan fingerprint density at radius 1 is 1.15 bits per heavy atom. The summed E-state index contributed by atoms with van der Waals surface area (Å²) < 4.78 is 58.8. The predicted molar refractivity (Wildman–Crippen MR) is 165 cm³/mol. The van der Waals surface area contributed by atoms with Crippen LogP contribution >= 0.6 is 0 Å². The van der Waals surface area contributed by atoms with Crippen LogP contribution in [-0.4, -0.2) is 87.3 Å². The van der Waals surface area contributed by atoms with Gasteiger partial charge in [0.15, 0.2) is 5.82 Å². The first-order chi connectivity index (χ1) is 22.1. The highest BCUT2D eigenvalue weighted by molar-refractivity contribution is 6.04. The first-order valence-electron chi connectivity index (χ1n) is 15.5. The zero-order valence-electron chi connectivity index (χ0n) is 25.2. The smallest absolute Gasteiger partial charge is 0.319 e. The summed E-state index contributed by atoms with van der Waals surface area (Å²) in [5, 5.41) is 21.3. The second-order valence-corrected chi connectivity index (χ2v) is 13.2. The Hall–Kier alpha value is -4.34. The lowest BCUT2D eigenvalue weighted by atomic mass is 9.68. The van der Waals surface area contributed by atoms with Gasteiger partial charge in [-0.25, -0.2) is 18.2 Å². The van der Waals surface area contributed by atoms with Gasteiger partial charge in [-0.05, 0) is 61.7 Å². The number of aliphatic hydroxyl groups is 1. The fourth-order valence-electron chi connectivity index (χ4n) is 8.15. The third kappa shape index (κ3) is 4.21. The van der Waals surface area contributed by atoms with E-state index in [1.165, 1.54) is 24.3 Å². The molecule has 1 saturated carbocycles. The Kier molecular flexibility index (Phi) is 6.54. The molecule has 2 N–H and O–H groups in total. The number of aliphatic hydroxyl groups excluding tert-OH is 1. The molecule has 0 amide bonds. The van der Waals surface area contributed by atoms with Crippen LogP contribution in [0.1, 0.15) is 37.7 Å². The molecule has 3 aliphatic heterocycles. The first kappa shape index (κ1) is 29.1. The highest BCUT2D eigenvalue weighted by atomic mass is 19.1. The van der Waals surface area contributed by atoms with Gasteiger partial charge in [-0.15, -0.1) is 6.42 Å². The molecule has 4 aliphatic rings. The summed E-state index contributed by atoms with van der Waals surface area (Å²) in [6.07, 6.45) is 8.03. The molecular formula is C34H32F3N5O4. The lowest BCUT2D eigenvalue weighted by molar-refractivity contribution is 0.0441. The van der Waals surface area contributed by atoms with Crippen molar-refractivity contribution in [1.82, 2.24) is 19.9 Å². The van der Waals surface area contributed by atoms with Crippen molar-refractivity contribution >= 4 is 27.5 Å². The summed E-state index contributed by atoms with van der Waals surface area (Å²) in [7, 11) is 1.84. The summed E-state index contributed by atoms with van der Waals surface area (Å²) in [4.78, 5) is 17.9. The van der Waals surface area contributed by atoms with Crippen LogP contribution < -0.4 is 14.4 Å². The van der Waals surface area contributed by atoms with E-state index >= 15 is 4.39 Å². The number of terminal acetylenes is 1. The van der Waals surface area contributed by atoms with E-state index in [1.54, 1.807) is 0 Å². The van der Waals surface area contributed by atoms with Crippen molar-refractivity contribution in [1.29, 1.82) is 0 Å². The molecule has 2 saturated heterocycles. The zero-order valence-corrected chi connectivity index (χ0v) is 25.2. The standard InChI is InChI=1S/C34H32F3N5O4/c1-3-22-24(36)6-5-19-9-21(44)10-23(25(19)22)28-27(37)29-26-30(41(2)34(11-18(12-34)15-43)17-45-31(26)38-28)40-32(39-29)46-16-33-7-4-8-42(33)14-20(35)13-33/h1,5-6,9-10,18,20,43-44H,4,7-8,11-17H2,2H3/t18?,20-,33+,34?/m1/s1. The Morgan fingerprint density at radius 2 is 1.98 bits per heavy atom. The first-order valence-corrected chi connectivity index (χ1v) is 15.5. The summed E-state index contributed by atoms with van der Waals surface area (Å²) in [6.45, 7) is 1.49. The van der Waals surface area contributed by atoms with Crippen LogP contribution in [0.25, 0.3) is 32.9 Å². The quantitative estimate of drug-likeness (QED) is 0.303. The minimum atomic E-state index is -0.948. The molecule has 1 spiro atoms. The maximum absolute atomic E-state index is 16.9. The van der Waals surface area contributed by atoms with E-state index in [-0.39, 0.29) is 76.5 Å². The summed E-state index contributed by atoms with van der Waals surface area (Å²) >= 11 is 0. The average molecular weight is 632 g/mol. The number of halogens is 3. The molecule has 2 aromatic heterocycles. The molecule has 8 rings (SSSR count). The Labute approximate surface area is 263 Å². The lowest BCUT2D eigenvalue weighted by Gasteiger charge is -2.51. The van der Waals surface area contributed by atoms with Crippen LogP contribution in [0.15, 0.2) is 24.3 Å². The van der Waals surface area contributed by atoms with E-state index in [2.05, 4.69) is 20.8 Å². The van der Waals surface area contributed by atoms with Crippen molar-refractivity contribution in [3.05, 3.63) is 41.5 Å². The van der Waals surface area contributed by atoms with Gasteiger partial charge in [-0.2, -0.15) is 9.97 Å². The SMILES string of the molecule is C#Cc1c(F)ccc2cc(O)cc(-c3nc4c5c(nc(OC[C@@]67CCCN6C[C@H](F)C7)nc5c3F)N(C)C3(CO4)CC(CO)C3)c12. The number of benzene rings is 2. The predicted octanol–water partition coefficient (Wildman–Crippen LogP) is 4.74. The van der Waals surface area contributed by atoms with Crippen LogP contribution in [-0.2, 0) is 0 Å². The van der Waals surface area contributed by atoms with Gasteiger partial charge in [0, 0.05) is 37.6 Å². The molecule has 0 bridgehead atoms. The Morgan fingerprint density at radius 3 is 2.76 bits per heavy atom. The van der Waals surface area contributed by atoms with E-state index in [1.807, 2.05) is 11.9 Å². The van der Waals surface area contributed by atoms with Gasteiger partial charge in [0.25, 0.3) is 0 Å². The highest BCUT2D eigenvalue weighted by Crippen LogP contribution is 2.50. The zero-order chi connectivity index (χ0) is 32.0. The van der Waals surface area contributed by atoms with Crippen molar-refractivity contribution in [3.8, 4) is 41.2 Å². The van der Waals surface area contributed by atoms with Gasteiger partial charge in [0.2, 0.25) is 5.88 Å². The fraction of sp³-hybridized carbons (Fsp3) is 0.441. The molecule has 2 aromatic carbocycles. The number of rotatable bonds is 5. The number of alkyl halides is 1. The van der Waals surface area contributed by atoms with Gasteiger partial charge < -0.3 is 24.6 Å². The van der Waals surface area contributed by atoms with Crippen molar-refractivity contribution in [2.45, 2.75) is 49.4 Å². The molecule has 46 heavy (non-hydrogen) atoms. The minimum absolute atomic E-state index is 0.0277. The second-order valence-electron chi connectivity index (χ2n) is 13.2. The molecule has 0 unspecified atom stereocenters. The number of hydrogen-bond acceptors (Lipinski definition) is 9. The van der Waals surface area contributed by atoms with Crippen LogP contribution in [0, 0.1) is 29.9 Å². The molecule has 1 aliphatic carbocycles. The summed E-state index contributed by atoms with van der Waals surface area (Å²) in [5.74, 6) is 1.13. The molecule has 3 fully saturated rings. The van der Waals surface area contributed by atoms with Crippen molar-refractivity contribution in [2.75, 3.05) is 44.9 Å². The lowest BCUT2D eigenvalue weighted by Crippen LogP contribution is -2.60. The van der Waals surface area contributed by atoms with E-state index in [0.717, 1.165) is 19.4 Å². The van der Waals surface area contributed by atoms with E-state index in [0.29, 0.717) is 37.0 Å². The number of nitrogens with zero attached hydrogens (tertiary/aromatic N) is 5. The highest BCUT2D eigenvalue weighted by Gasteiger charge is 2.51. The monoisotopic (exact) mass is 631 g/mol. The van der Waals surface area contributed by atoms with Crippen molar-refractivity contribution in [2.24, 2.45) is 5.92 Å². The molecule has 4 aromatic rings. The summed E-state index contributed by atoms with van der Waals surface area (Å²) in [6, 6.07) is 5.27. The number of aromatic nitrogens is 3. The number of aromatic hydroxyl groups is 1. The average Bonchev–Trinajstić information content (AvgIpc) is 3.51. The molecule has 2 atom stereocenters. The van der Waals surface area contributed by atoms with Crippen molar-refractivity contribution in [3.63, 3.8) is 0 Å². The van der Waals surface area contributed by atoms with Crippen LogP contribution in [0.5, 0.6) is 17.6 Å². The molecule has 0 radical (unpaired) electrons. The van der Waals surface area contributed by atoms with Crippen LogP contribution in [0.2, 0.25) is 0 Å². The number of phenolic OH excluding ortho intramolecular Hbond substituents is 1. The molecule has 5 heterocycles. The van der Waals surface area contributed by atoms with Gasteiger partial charge in [-0.3, -0.25) is 4.90 Å². The van der Waals surface area contributed by atoms with Gasteiger partial charge in [-0.1, -0.05) is 12.0 Å². The third-order valence-corrected chi connectivity index (χ3v) is 10.5. The second kappa shape index (κ2) is 10.3. The van der Waals surface area contributed by atoms with E-state index < -0.39 is 28.9 Å². The minimum Gasteiger partial charge on any atom is -0.508 e. The van der Waals surface area contributed by atoms with E-state index in [9.17, 15) is 19.0 Å². The maximum Gasteiger partial charge on any atom is 0.319 e. The fourth-order valence-corrected chi connectivity index (χ4v) is 8.15. The van der Waals surface area contributed by atoms with Gasteiger partial charge in [0.1, 0.15) is 53.4 Å². The number of pyridine rings is 1. The van der Waals surface area contributed by atoms with Gasteiger partial charge >= 0.3 is 6.01 Å². The number of phenols is 1. The Balaban J connectivity index is 1.32. The Bertz CT molecular complexity index is 1960. The van der Waals surface area contributed by atoms with Crippen molar-refractivity contribution < 1.29 is 32.9 Å². The number of anilines is 1. The number of fused-ring (bicyclic) bond motifs is 2. The molecular weight excluding hydrogens is 599 g/mol.